The number of nitrogens with one attached hydrogen (secondary N) is 1. The lowest BCUT2D eigenvalue weighted by Crippen LogP contribution is -2.13. The first-order valence-corrected chi connectivity index (χ1v) is 5.64. The number of hydrogen-bond donors (Lipinski definition) is 1. The van der Waals surface area contributed by atoms with Crippen molar-refractivity contribution in [1.29, 1.82) is 0 Å². The Bertz CT molecular complexity index is 546. The second kappa shape index (κ2) is 4.91. The summed E-state index contributed by atoms with van der Waals surface area (Å²) < 4.78 is 0. The minimum absolute atomic E-state index is 0.0900. The second-order valence-corrected chi connectivity index (χ2v) is 4.30. The molecular formula is C13H15N3O. The third kappa shape index (κ3) is 3.00. The molecule has 17 heavy (non-hydrogen) atoms. The molecule has 0 aliphatic carbocycles. The maximum Gasteiger partial charge on any atom is 0.251 e. The molecule has 0 bridgehead atoms. The van der Waals surface area contributed by atoms with Crippen LogP contribution >= 0.6 is 0 Å². The van der Waals surface area contributed by atoms with Gasteiger partial charge in [-0.2, -0.15) is 0 Å². The van der Waals surface area contributed by atoms with Gasteiger partial charge in [0, 0.05) is 24.9 Å². The van der Waals surface area contributed by atoms with E-state index < -0.39 is 0 Å². The van der Waals surface area contributed by atoms with Gasteiger partial charge in [-0.3, -0.25) is 9.78 Å². The normalized spacial score (nSPS) is 10.8. The molecule has 0 unspecified atom stereocenters. The molecule has 0 saturated carbocycles. The van der Waals surface area contributed by atoms with Crippen molar-refractivity contribution in [2.45, 2.75) is 26.2 Å². The highest BCUT2D eigenvalue weighted by atomic mass is 16.1. The number of rotatable bonds is 3. The van der Waals surface area contributed by atoms with Crippen molar-refractivity contribution >= 4 is 0 Å². The van der Waals surface area contributed by atoms with Gasteiger partial charge in [0.05, 0.1) is 5.69 Å². The van der Waals surface area contributed by atoms with E-state index in [1.165, 1.54) is 0 Å². The van der Waals surface area contributed by atoms with Crippen molar-refractivity contribution in [3.05, 3.63) is 58.0 Å². The Morgan fingerprint density at radius 2 is 2.00 bits per heavy atom. The fraction of sp³-hybridized carbons (Fsp3) is 0.308. The molecule has 4 nitrogen and oxygen atoms in total. The van der Waals surface area contributed by atoms with Crippen molar-refractivity contribution in [1.82, 2.24) is 15.0 Å². The summed E-state index contributed by atoms with van der Waals surface area (Å²) in [5.74, 6) is 0.959. The number of aromatic amines is 1. The predicted molar refractivity (Wildman–Crippen MR) is 66.0 cm³/mol. The summed E-state index contributed by atoms with van der Waals surface area (Å²) in [5, 5.41) is 0. The van der Waals surface area contributed by atoms with E-state index in [1.807, 2.05) is 26.0 Å². The van der Waals surface area contributed by atoms with Gasteiger partial charge < -0.3 is 4.98 Å². The summed E-state index contributed by atoms with van der Waals surface area (Å²) >= 11 is 0. The third-order valence-electron chi connectivity index (χ3n) is 2.52. The zero-order chi connectivity index (χ0) is 12.3. The summed E-state index contributed by atoms with van der Waals surface area (Å²) in [6, 6.07) is 5.39. The molecule has 0 aliphatic heterocycles. The van der Waals surface area contributed by atoms with Crippen LogP contribution in [0, 0.1) is 0 Å². The van der Waals surface area contributed by atoms with Crippen LogP contribution in [0.3, 0.4) is 0 Å². The van der Waals surface area contributed by atoms with Gasteiger partial charge in [0.1, 0.15) is 5.82 Å². The first-order valence-electron chi connectivity index (χ1n) is 5.64. The minimum Gasteiger partial charge on any atom is -0.310 e. The van der Waals surface area contributed by atoms with Crippen LogP contribution in [0.4, 0.5) is 0 Å². The molecule has 2 heterocycles. The van der Waals surface area contributed by atoms with E-state index in [2.05, 4.69) is 15.0 Å². The Kier molecular flexibility index (Phi) is 3.32. The van der Waals surface area contributed by atoms with Crippen molar-refractivity contribution in [3.63, 3.8) is 0 Å². The molecule has 2 aromatic heterocycles. The van der Waals surface area contributed by atoms with Crippen molar-refractivity contribution in [2.75, 3.05) is 0 Å². The van der Waals surface area contributed by atoms with E-state index in [-0.39, 0.29) is 11.5 Å². The topological polar surface area (TPSA) is 58.6 Å². The zero-order valence-electron chi connectivity index (χ0n) is 9.97. The highest BCUT2D eigenvalue weighted by Crippen LogP contribution is 2.10. The van der Waals surface area contributed by atoms with Crippen LogP contribution in [0.2, 0.25) is 0 Å². The van der Waals surface area contributed by atoms with Crippen molar-refractivity contribution < 1.29 is 0 Å². The monoisotopic (exact) mass is 229 g/mol. The van der Waals surface area contributed by atoms with Gasteiger partial charge in [-0.1, -0.05) is 13.8 Å². The molecule has 0 amide bonds. The summed E-state index contributed by atoms with van der Waals surface area (Å²) in [5.41, 5.74) is 1.83. The molecule has 2 aromatic rings. The van der Waals surface area contributed by atoms with E-state index in [1.54, 1.807) is 18.5 Å². The molecule has 0 aromatic carbocycles. The Balaban J connectivity index is 2.30. The van der Waals surface area contributed by atoms with Gasteiger partial charge in [0.2, 0.25) is 0 Å². The minimum atomic E-state index is -0.0900. The smallest absolute Gasteiger partial charge is 0.251 e. The average molecular weight is 229 g/mol. The fourth-order valence-electron chi connectivity index (χ4n) is 1.60. The highest BCUT2D eigenvalue weighted by molar-refractivity contribution is 5.17. The quantitative estimate of drug-likeness (QED) is 0.874. The fourth-order valence-corrected chi connectivity index (χ4v) is 1.60. The third-order valence-corrected chi connectivity index (χ3v) is 2.52. The molecule has 0 spiro atoms. The maximum absolute atomic E-state index is 11.5. The molecule has 88 valence electrons. The molecular weight excluding hydrogens is 214 g/mol. The Labute approximate surface area is 99.8 Å². The number of pyridine rings is 1. The SMILES string of the molecule is CC(C)c1cc(=O)[nH]c(Cc2ccncc2)n1. The lowest BCUT2D eigenvalue weighted by molar-refractivity contribution is 0.784. The molecule has 4 heteroatoms. The number of nitrogens with zero attached hydrogens (tertiary/aromatic N) is 2. The standard InChI is InChI=1S/C13H15N3O/c1-9(2)11-8-13(17)16-12(15-11)7-10-3-5-14-6-4-10/h3-6,8-9H,7H2,1-2H3,(H,15,16,17). The number of aromatic nitrogens is 3. The van der Waals surface area contributed by atoms with Gasteiger partial charge in [0.25, 0.3) is 5.56 Å². The van der Waals surface area contributed by atoms with E-state index in [4.69, 9.17) is 0 Å². The molecule has 0 saturated heterocycles. The summed E-state index contributed by atoms with van der Waals surface area (Å²) in [7, 11) is 0. The molecule has 2 rings (SSSR count). The van der Waals surface area contributed by atoms with Crippen LogP contribution in [-0.4, -0.2) is 15.0 Å². The van der Waals surface area contributed by atoms with Crippen molar-refractivity contribution in [3.8, 4) is 0 Å². The summed E-state index contributed by atoms with van der Waals surface area (Å²) in [6.07, 6.45) is 4.10. The van der Waals surface area contributed by atoms with Gasteiger partial charge in [0.15, 0.2) is 0 Å². The first-order chi connectivity index (χ1) is 8.15. The Morgan fingerprint density at radius 1 is 1.29 bits per heavy atom. The predicted octanol–water partition coefficient (Wildman–Crippen LogP) is 1.88. The van der Waals surface area contributed by atoms with Gasteiger partial charge in [-0.15, -0.1) is 0 Å². The first kappa shape index (κ1) is 11.5. The summed E-state index contributed by atoms with van der Waals surface area (Å²) in [4.78, 5) is 22.7. The number of hydrogen-bond acceptors (Lipinski definition) is 3. The molecule has 0 aliphatic rings. The number of H-pyrrole nitrogens is 1. The van der Waals surface area contributed by atoms with Gasteiger partial charge in [-0.25, -0.2) is 4.98 Å². The van der Waals surface area contributed by atoms with Gasteiger partial charge >= 0.3 is 0 Å². The van der Waals surface area contributed by atoms with E-state index in [9.17, 15) is 4.79 Å². The molecule has 1 N–H and O–H groups in total. The van der Waals surface area contributed by atoms with E-state index >= 15 is 0 Å². The molecule has 0 fully saturated rings. The summed E-state index contributed by atoms with van der Waals surface area (Å²) in [6.45, 7) is 4.05. The van der Waals surface area contributed by atoms with Crippen molar-refractivity contribution in [2.24, 2.45) is 0 Å². The van der Waals surface area contributed by atoms with Crippen LogP contribution in [-0.2, 0) is 6.42 Å². The average Bonchev–Trinajstić information content (AvgIpc) is 2.29. The van der Waals surface area contributed by atoms with E-state index in [0.29, 0.717) is 12.2 Å². The largest absolute Gasteiger partial charge is 0.310 e. The highest BCUT2D eigenvalue weighted by Gasteiger charge is 2.05. The van der Waals surface area contributed by atoms with Crippen LogP contribution in [0.15, 0.2) is 35.4 Å². The van der Waals surface area contributed by atoms with Gasteiger partial charge in [-0.05, 0) is 23.6 Å². The van der Waals surface area contributed by atoms with E-state index in [0.717, 1.165) is 11.3 Å². The molecule has 0 radical (unpaired) electrons. The Morgan fingerprint density at radius 3 is 2.65 bits per heavy atom. The second-order valence-electron chi connectivity index (χ2n) is 4.30. The van der Waals surface area contributed by atoms with Crippen LogP contribution < -0.4 is 5.56 Å². The van der Waals surface area contributed by atoms with Crippen LogP contribution in [0.5, 0.6) is 0 Å². The van der Waals surface area contributed by atoms with Crippen LogP contribution in [0.25, 0.3) is 0 Å². The zero-order valence-corrected chi connectivity index (χ0v) is 9.97. The lowest BCUT2D eigenvalue weighted by atomic mass is 10.1. The van der Waals surface area contributed by atoms with Crippen LogP contribution in [0.1, 0.15) is 36.8 Å². The maximum atomic E-state index is 11.5. The molecule has 0 atom stereocenters. The Hall–Kier alpha value is -1.97. The lowest BCUT2D eigenvalue weighted by Gasteiger charge is -2.06.